The Balaban J connectivity index is 1.56. The second kappa shape index (κ2) is 9.58. The van der Waals surface area contributed by atoms with Crippen LogP contribution in [0.25, 0.3) is 10.8 Å². The zero-order valence-corrected chi connectivity index (χ0v) is 18.5. The number of methoxy groups -OCH3 is 1. The minimum Gasteiger partial charge on any atom is -0.616 e. The molecule has 7 heteroatoms. The van der Waals surface area contributed by atoms with Crippen molar-refractivity contribution in [1.29, 1.82) is 0 Å². The summed E-state index contributed by atoms with van der Waals surface area (Å²) in [6.45, 7) is 2.85. The van der Waals surface area contributed by atoms with Crippen LogP contribution in [0.15, 0.2) is 60.8 Å². The summed E-state index contributed by atoms with van der Waals surface area (Å²) in [5.41, 5.74) is 1.56. The fourth-order valence-corrected chi connectivity index (χ4v) is 4.47. The number of nitrogens with zero attached hydrogens (tertiary/aromatic N) is 3. The Hall–Kier alpha value is -2.77. The molecule has 1 aliphatic rings. The molecule has 1 aromatic heterocycles. The van der Waals surface area contributed by atoms with Crippen molar-refractivity contribution in [2.24, 2.45) is 0 Å². The van der Waals surface area contributed by atoms with Crippen LogP contribution in [0, 0.1) is 5.21 Å². The molecule has 31 heavy (non-hydrogen) atoms. The molecule has 1 saturated heterocycles. The highest BCUT2D eigenvalue weighted by Gasteiger charge is 2.25. The van der Waals surface area contributed by atoms with Crippen LogP contribution >= 0.6 is 12.6 Å². The number of aromatic nitrogens is 1. The van der Waals surface area contributed by atoms with Gasteiger partial charge in [-0.3, -0.25) is 9.69 Å². The second-order valence-corrected chi connectivity index (χ2v) is 8.63. The van der Waals surface area contributed by atoms with Gasteiger partial charge in [0.1, 0.15) is 5.56 Å². The minimum atomic E-state index is -0.157. The number of likely N-dealkylation sites (tertiary alicyclic amines) is 1. The van der Waals surface area contributed by atoms with E-state index in [1.165, 1.54) is 35.7 Å². The number of ether oxygens (including phenoxy) is 1. The van der Waals surface area contributed by atoms with E-state index in [9.17, 15) is 10.0 Å². The zero-order chi connectivity index (χ0) is 21.8. The number of fused-ring (bicyclic) bond motifs is 1. The lowest BCUT2D eigenvalue weighted by Crippen LogP contribution is -2.42. The average Bonchev–Trinajstić information content (AvgIpc) is 3.20. The number of hydrogen-bond acceptors (Lipinski definition) is 5. The van der Waals surface area contributed by atoms with Crippen LogP contribution in [0.2, 0.25) is 0 Å². The molecule has 1 fully saturated rings. The Morgan fingerprint density at radius 1 is 1.23 bits per heavy atom. The van der Waals surface area contributed by atoms with Crippen LogP contribution < -0.4 is 9.47 Å². The fraction of sp³-hybridized carbons (Fsp3) is 0.333. The predicted octanol–water partition coefficient (Wildman–Crippen LogP) is 3.13. The molecule has 2 aromatic carbocycles. The molecular formula is C24H27N3O3S. The molecule has 3 aromatic rings. The Morgan fingerprint density at radius 2 is 2.03 bits per heavy atom. The van der Waals surface area contributed by atoms with E-state index >= 15 is 0 Å². The Labute approximate surface area is 188 Å². The maximum absolute atomic E-state index is 13.3. The SMILES string of the molecule is COc1ccc(C(=O)N(CCc2cccc3ccccc23)CN2CCC(S)C2)c[n+]1[O-]. The largest absolute Gasteiger partial charge is 0.616 e. The van der Waals surface area contributed by atoms with Crippen LogP contribution in [0.5, 0.6) is 5.88 Å². The highest BCUT2D eigenvalue weighted by atomic mass is 32.1. The lowest BCUT2D eigenvalue weighted by molar-refractivity contribution is -0.612. The number of rotatable bonds is 7. The molecule has 0 aliphatic carbocycles. The van der Waals surface area contributed by atoms with Gasteiger partial charge in [0.25, 0.3) is 5.91 Å². The van der Waals surface area contributed by atoms with Gasteiger partial charge < -0.3 is 14.8 Å². The molecule has 0 spiro atoms. The predicted molar refractivity (Wildman–Crippen MR) is 124 cm³/mol. The van der Waals surface area contributed by atoms with Gasteiger partial charge >= 0.3 is 5.88 Å². The fourth-order valence-electron chi connectivity index (χ4n) is 4.12. The van der Waals surface area contributed by atoms with Crippen LogP contribution in [-0.4, -0.2) is 54.4 Å². The van der Waals surface area contributed by atoms with E-state index < -0.39 is 0 Å². The van der Waals surface area contributed by atoms with E-state index in [0.29, 0.717) is 28.8 Å². The third kappa shape index (κ3) is 4.94. The molecule has 6 nitrogen and oxygen atoms in total. The number of pyridine rings is 1. The first-order valence-corrected chi connectivity index (χ1v) is 11.0. The first kappa shape index (κ1) is 21.5. The van der Waals surface area contributed by atoms with E-state index in [4.69, 9.17) is 4.74 Å². The summed E-state index contributed by atoms with van der Waals surface area (Å²) in [4.78, 5) is 17.4. The first-order chi connectivity index (χ1) is 15.0. The minimum absolute atomic E-state index is 0.157. The van der Waals surface area contributed by atoms with Crippen molar-refractivity contribution in [1.82, 2.24) is 9.80 Å². The van der Waals surface area contributed by atoms with Gasteiger partial charge in [-0.1, -0.05) is 42.5 Å². The third-order valence-corrected chi connectivity index (χ3v) is 6.19. The van der Waals surface area contributed by atoms with Gasteiger partial charge in [-0.2, -0.15) is 12.6 Å². The van der Waals surface area contributed by atoms with Crippen molar-refractivity contribution in [3.8, 4) is 5.88 Å². The number of hydrogen-bond donors (Lipinski definition) is 1. The molecule has 1 atom stereocenters. The summed E-state index contributed by atoms with van der Waals surface area (Å²) in [6.07, 6.45) is 3.04. The van der Waals surface area contributed by atoms with E-state index in [-0.39, 0.29) is 11.8 Å². The number of carbonyl (C=O) groups excluding carboxylic acids is 1. The van der Waals surface area contributed by atoms with Gasteiger partial charge in [0.2, 0.25) is 0 Å². The summed E-state index contributed by atoms with van der Waals surface area (Å²) < 4.78 is 5.61. The van der Waals surface area contributed by atoms with Gasteiger partial charge in [0.05, 0.1) is 19.8 Å². The molecule has 4 rings (SSSR count). The summed E-state index contributed by atoms with van der Waals surface area (Å²) in [7, 11) is 1.43. The van der Waals surface area contributed by atoms with E-state index in [0.717, 1.165) is 25.9 Å². The summed E-state index contributed by atoms with van der Waals surface area (Å²) in [5, 5.41) is 14.8. The molecule has 0 bridgehead atoms. The van der Waals surface area contributed by atoms with E-state index in [2.05, 4.69) is 47.9 Å². The van der Waals surface area contributed by atoms with Gasteiger partial charge in [-0.25, -0.2) is 0 Å². The topological polar surface area (TPSA) is 59.7 Å². The van der Waals surface area contributed by atoms with Gasteiger partial charge in [-0.15, -0.1) is 4.73 Å². The molecule has 0 N–H and O–H groups in total. The van der Waals surface area contributed by atoms with Crippen molar-refractivity contribution in [2.45, 2.75) is 18.1 Å². The highest BCUT2D eigenvalue weighted by Crippen LogP contribution is 2.20. The van der Waals surface area contributed by atoms with Crippen LogP contribution in [0.4, 0.5) is 0 Å². The van der Waals surface area contributed by atoms with Gasteiger partial charge in [-0.05, 0) is 35.2 Å². The zero-order valence-electron chi connectivity index (χ0n) is 17.6. The van der Waals surface area contributed by atoms with Crippen LogP contribution in [0.1, 0.15) is 22.3 Å². The Bertz CT molecular complexity index is 1070. The van der Waals surface area contributed by atoms with Gasteiger partial charge in [0, 0.05) is 24.9 Å². The van der Waals surface area contributed by atoms with Crippen LogP contribution in [-0.2, 0) is 6.42 Å². The second-order valence-electron chi connectivity index (χ2n) is 7.90. The molecule has 0 radical (unpaired) electrons. The van der Waals surface area contributed by atoms with Crippen molar-refractivity contribution >= 4 is 29.3 Å². The van der Waals surface area contributed by atoms with E-state index in [1.54, 1.807) is 6.07 Å². The summed E-state index contributed by atoms with van der Waals surface area (Å²) in [6, 6.07) is 17.7. The molecule has 1 aliphatic heterocycles. The molecule has 1 unspecified atom stereocenters. The van der Waals surface area contributed by atoms with E-state index in [1.807, 2.05) is 17.0 Å². The molecule has 2 heterocycles. The van der Waals surface area contributed by atoms with Crippen molar-refractivity contribution in [2.75, 3.05) is 33.4 Å². The normalized spacial score (nSPS) is 16.5. The molecule has 162 valence electrons. The lowest BCUT2D eigenvalue weighted by Gasteiger charge is -2.28. The molecule has 0 saturated carbocycles. The highest BCUT2D eigenvalue weighted by molar-refractivity contribution is 7.81. The monoisotopic (exact) mass is 437 g/mol. The quantitative estimate of drug-likeness (QED) is 0.351. The van der Waals surface area contributed by atoms with Crippen molar-refractivity contribution < 1.29 is 14.3 Å². The van der Waals surface area contributed by atoms with Gasteiger partial charge in [0.15, 0.2) is 6.20 Å². The summed E-state index contributed by atoms with van der Waals surface area (Å²) in [5.74, 6) is 0.00594. The standard InChI is InChI=1S/C24H27N3O3S/c1-30-23-10-9-20(15-27(23)29)24(28)26(17-25-13-12-21(31)16-25)14-11-19-7-4-6-18-5-2-3-8-22(18)19/h2-10,15,21,31H,11-14,16-17H2,1H3. The maximum atomic E-state index is 13.3. The number of benzene rings is 2. The molecular weight excluding hydrogens is 410 g/mol. The maximum Gasteiger partial charge on any atom is 0.379 e. The summed E-state index contributed by atoms with van der Waals surface area (Å²) >= 11 is 4.58. The smallest absolute Gasteiger partial charge is 0.379 e. The molecule has 1 amide bonds. The first-order valence-electron chi connectivity index (χ1n) is 10.5. The lowest BCUT2D eigenvalue weighted by atomic mass is 10.0. The number of thiol groups is 1. The Morgan fingerprint density at radius 3 is 2.77 bits per heavy atom. The third-order valence-electron chi connectivity index (χ3n) is 5.77. The number of carbonyl (C=O) groups is 1. The average molecular weight is 438 g/mol. The number of amides is 1. The van der Waals surface area contributed by atoms with Crippen molar-refractivity contribution in [3.63, 3.8) is 0 Å². The Kier molecular flexibility index (Phi) is 6.63. The van der Waals surface area contributed by atoms with Crippen molar-refractivity contribution in [3.05, 3.63) is 77.1 Å². The van der Waals surface area contributed by atoms with Crippen LogP contribution in [0.3, 0.4) is 0 Å².